The number of ether oxygens (including phenoxy) is 1. The summed E-state index contributed by atoms with van der Waals surface area (Å²) < 4.78 is 10.8. The van der Waals surface area contributed by atoms with Crippen molar-refractivity contribution in [1.82, 2.24) is 4.90 Å². The highest BCUT2D eigenvalue weighted by Gasteiger charge is 2.34. The summed E-state index contributed by atoms with van der Waals surface area (Å²) in [5, 5.41) is 18.7. The molecule has 0 unspecified atom stereocenters. The Morgan fingerprint density at radius 2 is 1.97 bits per heavy atom. The minimum absolute atomic E-state index is 0.0626. The number of rotatable bonds is 7. The summed E-state index contributed by atoms with van der Waals surface area (Å²) in [5.74, 6) is 0.929. The van der Waals surface area contributed by atoms with Crippen molar-refractivity contribution in [3.63, 3.8) is 0 Å². The molecule has 1 N–H and O–H groups in total. The third-order valence-electron chi connectivity index (χ3n) is 4.51. The van der Waals surface area contributed by atoms with Crippen LogP contribution in [0.4, 0.5) is 0 Å². The number of amidine groups is 1. The molecule has 2 heterocycles. The van der Waals surface area contributed by atoms with Gasteiger partial charge in [-0.15, -0.1) is 5.10 Å². The first-order chi connectivity index (χ1) is 15.6. The Bertz CT molecular complexity index is 1170. The number of furan rings is 1. The van der Waals surface area contributed by atoms with Gasteiger partial charge in [-0.3, -0.25) is 9.69 Å². The lowest BCUT2D eigenvalue weighted by Crippen LogP contribution is -2.28. The Morgan fingerprint density at radius 3 is 2.72 bits per heavy atom. The third kappa shape index (κ3) is 5.09. The molecule has 0 radical (unpaired) electrons. The first-order valence-electron chi connectivity index (χ1n) is 9.99. The van der Waals surface area contributed by atoms with Crippen LogP contribution >= 0.6 is 11.8 Å². The van der Waals surface area contributed by atoms with Gasteiger partial charge in [0.05, 0.1) is 30.5 Å². The van der Waals surface area contributed by atoms with Crippen LogP contribution in [-0.4, -0.2) is 33.9 Å². The van der Waals surface area contributed by atoms with Gasteiger partial charge < -0.3 is 14.3 Å². The van der Waals surface area contributed by atoms with Gasteiger partial charge in [0.15, 0.2) is 16.7 Å². The lowest BCUT2D eigenvalue weighted by Gasteiger charge is -2.12. The Kier molecular flexibility index (Phi) is 6.72. The fourth-order valence-corrected chi connectivity index (χ4v) is 3.94. The standard InChI is InChI=1S/C24H21N3O4S/c1-2-30-21-13-18(10-11-20(21)28)15-25-26-24-27(16-19-9-6-12-31-19)23(29)22(32-24)14-17-7-4-3-5-8-17/h3-15,28H,2,16H2,1H3/b22-14-,25-15-,26-24+. The van der Waals surface area contributed by atoms with Gasteiger partial charge in [0, 0.05) is 0 Å². The fraction of sp³-hybridized carbons (Fsp3) is 0.125. The van der Waals surface area contributed by atoms with Crippen LogP contribution in [0.5, 0.6) is 11.5 Å². The topological polar surface area (TPSA) is 87.6 Å². The van der Waals surface area contributed by atoms with Gasteiger partial charge in [-0.1, -0.05) is 30.3 Å². The molecule has 1 fully saturated rings. The van der Waals surface area contributed by atoms with Gasteiger partial charge in [0.1, 0.15) is 5.76 Å². The molecule has 1 aliphatic rings. The average Bonchev–Trinajstić information content (AvgIpc) is 3.41. The number of carbonyl (C=O) groups excluding carboxylic acids is 1. The molecule has 0 aliphatic carbocycles. The van der Waals surface area contributed by atoms with Crippen LogP contribution < -0.4 is 4.74 Å². The third-order valence-corrected chi connectivity index (χ3v) is 5.51. The molecule has 3 aromatic rings. The van der Waals surface area contributed by atoms with E-state index in [0.29, 0.717) is 33.8 Å². The lowest BCUT2D eigenvalue weighted by atomic mass is 10.2. The zero-order valence-corrected chi connectivity index (χ0v) is 18.2. The molecule has 32 heavy (non-hydrogen) atoms. The van der Waals surface area contributed by atoms with Crippen molar-refractivity contribution in [3.05, 3.63) is 88.7 Å². The predicted molar refractivity (Wildman–Crippen MR) is 126 cm³/mol. The maximum atomic E-state index is 13.1. The highest BCUT2D eigenvalue weighted by atomic mass is 32.2. The first-order valence-corrected chi connectivity index (χ1v) is 10.8. The number of benzene rings is 2. The van der Waals surface area contributed by atoms with Crippen molar-refractivity contribution in [2.24, 2.45) is 10.2 Å². The number of hydrogen-bond acceptors (Lipinski definition) is 7. The van der Waals surface area contributed by atoms with E-state index in [4.69, 9.17) is 9.15 Å². The minimum Gasteiger partial charge on any atom is -0.504 e. The summed E-state index contributed by atoms with van der Waals surface area (Å²) in [4.78, 5) is 15.1. The highest BCUT2D eigenvalue weighted by Crippen LogP contribution is 2.34. The van der Waals surface area contributed by atoms with Crippen molar-refractivity contribution < 1.29 is 19.1 Å². The molecular formula is C24H21N3O4S. The van der Waals surface area contributed by atoms with Crippen molar-refractivity contribution in [2.75, 3.05) is 6.61 Å². The smallest absolute Gasteiger partial charge is 0.267 e. The van der Waals surface area contributed by atoms with E-state index in [0.717, 1.165) is 5.56 Å². The number of phenols is 1. The zero-order chi connectivity index (χ0) is 22.3. The molecule has 1 aliphatic heterocycles. The summed E-state index contributed by atoms with van der Waals surface area (Å²) in [6.07, 6.45) is 4.95. The van der Waals surface area contributed by atoms with Gasteiger partial charge in [0.2, 0.25) is 0 Å². The van der Waals surface area contributed by atoms with E-state index in [9.17, 15) is 9.90 Å². The van der Waals surface area contributed by atoms with Crippen LogP contribution in [0.2, 0.25) is 0 Å². The maximum Gasteiger partial charge on any atom is 0.267 e. The minimum atomic E-state index is -0.160. The Morgan fingerprint density at radius 1 is 1.12 bits per heavy atom. The normalized spacial score (nSPS) is 16.5. The Labute approximate surface area is 189 Å². The summed E-state index contributed by atoms with van der Waals surface area (Å²) in [6, 6.07) is 18.1. The summed E-state index contributed by atoms with van der Waals surface area (Å²) in [6.45, 7) is 2.54. The van der Waals surface area contributed by atoms with E-state index in [-0.39, 0.29) is 18.2 Å². The Hall–Kier alpha value is -3.78. The summed E-state index contributed by atoms with van der Waals surface area (Å²) >= 11 is 1.26. The van der Waals surface area contributed by atoms with E-state index >= 15 is 0 Å². The van der Waals surface area contributed by atoms with Crippen LogP contribution in [0.25, 0.3) is 6.08 Å². The van der Waals surface area contributed by atoms with Crippen molar-refractivity contribution in [1.29, 1.82) is 0 Å². The van der Waals surface area contributed by atoms with Crippen molar-refractivity contribution in [3.8, 4) is 11.5 Å². The number of amides is 1. The lowest BCUT2D eigenvalue weighted by molar-refractivity contribution is -0.122. The molecule has 1 aromatic heterocycles. The molecule has 1 saturated heterocycles. The maximum absolute atomic E-state index is 13.1. The van der Waals surface area contributed by atoms with Gasteiger partial charge in [0.25, 0.3) is 5.91 Å². The quantitative estimate of drug-likeness (QED) is 0.317. The van der Waals surface area contributed by atoms with Gasteiger partial charge >= 0.3 is 0 Å². The van der Waals surface area contributed by atoms with E-state index in [1.807, 2.05) is 49.4 Å². The van der Waals surface area contributed by atoms with Crippen molar-refractivity contribution in [2.45, 2.75) is 13.5 Å². The van der Waals surface area contributed by atoms with Crippen LogP contribution in [0.15, 0.2) is 86.5 Å². The van der Waals surface area contributed by atoms with Crippen LogP contribution in [-0.2, 0) is 11.3 Å². The zero-order valence-electron chi connectivity index (χ0n) is 17.3. The number of thioether (sulfide) groups is 1. The molecule has 7 nitrogen and oxygen atoms in total. The number of carbonyl (C=O) groups is 1. The predicted octanol–water partition coefficient (Wildman–Crippen LogP) is 4.89. The molecule has 0 spiro atoms. The average molecular weight is 448 g/mol. The summed E-state index contributed by atoms with van der Waals surface area (Å²) in [5.41, 5.74) is 1.64. The number of aromatic hydroxyl groups is 1. The van der Waals surface area contributed by atoms with E-state index in [1.54, 1.807) is 30.7 Å². The second-order valence-corrected chi connectivity index (χ2v) is 7.79. The second kappa shape index (κ2) is 10.0. The molecule has 162 valence electrons. The molecule has 1 amide bonds. The largest absolute Gasteiger partial charge is 0.504 e. The van der Waals surface area contributed by atoms with Gasteiger partial charge in [-0.05, 0) is 66.2 Å². The molecule has 2 aromatic carbocycles. The molecular weight excluding hydrogens is 426 g/mol. The molecule has 8 heteroatoms. The number of nitrogens with zero attached hydrogens (tertiary/aromatic N) is 3. The first kappa shape index (κ1) is 21.5. The van der Waals surface area contributed by atoms with Gasteiger partial charge in [-0.2, -0.15) is 5.10 Å². The van der Waals surface area contributed by atoms with Gasteiger partial charge in [-0.25, -0.2) is 0 Å². The second-order valence-electron chi connectivity index (χ2n) is 6.78. The SMILES string of the molecule is CCOc1cc(/C=N\N=C2\S/C(=C\c3ccccc3)C(=O)N2Cc2ccco2)ccc1O. The number of phenolic OH excluding ortho intramolecular Hbond substituents is 1. The van der Waals surface area contributed by atoms with Crippen LogP contribution in [0.1, 0.15) is 23.8 Å². The molecule has 4 rings (SSSR count). The van der Waals surface area contributed by atoms with Crippen LogP contribution in [0, 0.1) is 0 Å². The van der Waals surface area contributed by atoms with E-state index < -0.39 is 0 Å². The fourth-order valence-electron chi connectivity index (χ4n) is 3.01. The Balaban J connectivity index is 1.60. The summed E-state index contributed by atoms with van der Waals surface area (Å²) in [7, 11) is 0. The monoisotopic (exact) mass is 447 g/mol. The molecule has 0 bridgehead atoms. The molecule has 0 saturated carbocycles. The molecule has 0 atom stereocenters. The van der Waals surface area contributed by atoms with E-state index in [2.05, 4.69) is 10.2 Å². The van der Waals surface area contributed by atoms with Crippen molar-refractivity contribution >= 4 is 35.1 Å². The number of hydrogen-bond donors (Lipinski definition) is 1. The highest BCUT2D eigenvalue weighted by molar-refractivity contribution is 8.18. The van der Waals surface area contributed by atoms with E-state index in [1.165, 1.54) is 22.7 Å². The van der Waals surface area contributed by atoms with Crippen LogP contribution in [0.3, 0.4) is 0 Å².